The van der Waals surface area contributed by atoms with E-state index in [1.165, 1.54) is 5.56 Å². The minimum atomic E-state index is 0.668. The Morgan fingerprint density at radius 3 is 1.76 bits per heavy atom. The maximum absolute atomic E-state index is 6.77. The lowest BCUT2D eigenvalue weighted by Crippen LogP contribution is -1.94. The van der Waals surface area contributed by atoms with Crippen LogP contribution in [0.25, 0.3) is 65.2 Å². The van der Waals surface area contributed by atoms with E-state index in [0.717, 1.165) is 65.2 Å². The summed E-state index contributed by atoms with van der Waals surface area (Å²) < 4.78 is 2.23. The fourth-order valence-electron chi connectivity index (χ4n) is 5.67. The van der Waals surface area contributed by atoms with Gasteiger partial charge in [-0.25, -0.2) is 9.97 Å². The number of nitrogens with zero attached hydrogens (tertiary/aromatic N) is 2. The van der Waals surface area contributed by atoms with Gasteiger partial charge in [0.1, 0.15) is 0 Å². The summed E-state index contributed by atoms with van der Waals surface area (Å²) in [5.41, 5.74) is 10.3. The molecule has 0 spiro atoms. The third-order valence-electron chi connectivity index (χ3n) is 7.96. The van der Waals surface area contributed by atoms with Crippen molar-refractivity contribution >= 4 is 54.6 Å². The van der Waals surface area contributed by atoms with Crippen molar-refractivity contribution in [1.29, 1.82) is 0 Å². The smallest absolute Gasteiger partial charge is 0.160 e. The lowest BCUT2D eigenvalue weighted by atomic mass is 10.0. The first kappa shape index (κ1) is 27.3. The molecule has 0 unspecified atom stereocenters. The molecule has 6 aromatic carbocycles. The predicted octanol–water partition coefficient (Wildman–Crippen LogP) is 11.9. The molecule has 214 valence electrons. The summed E-state index contributed by atoms with van der Waals surface area (Å²) in [6.07, 6.45) is 0. The molecule has 3 nitrogen and oxygen atoms in total. The zero-order valence-electron chi connectivity index (χ0n) is 24.1. The Bertz CT molecular complexity index is 2280. The second-order valence-corrected chi connectivity index (χ2v) is 12.3. The number of aromatic nitrogens is 2. The standard InChI is InChI=1S/C40H26ClN3S/c41-34-24-31(27-12-6-2-7-13-27)20-22-35(34)42-32-21-23-36-33(25-32)38-39(45-36)37(29-14-8-3-9-15-29)43-40(44-38)30-18-16-28(17-19-30)26-10-4-1-5-11-26/h1-25,42H. The minimum Gasteiger partial charge on any atom is -0.354 e. The molecule has 2 aromatic heterocycles. The second kappa shape index (κ2) is 11.7. The third kappa shape index (κ3) is 5.35. The van der Waals surface area contributed by atoms with E-state index < -0.39 is 0 Å². The third-order valence-corrected chi connectivity index (χ3v) is 9.44. The van der Waals surface area contributed by atoms with Gasteiger partial charge in [0.25, 0.3) is 0 Å². The Labute approximate surface area is 270 Å². The van der Waals surface area contributed by atoms with Crippen LogP contribution >= 0.6 is 22.9 Å². The first-order valence-corrected chi connectivity index (χ1v) is 16.0. The van der Waals surface area contributed by atoms with E-state index in [2.05, 4.69) is 115 Å². The van der Waals surface area contributed by atoms with E-state index >= 15 is 0 Å². The van der Waals surface area contributed by atoms with Crippen molar-refractivity contribution in [3.05, 3.63) is 157 Å². The number of thiophene rings is 1. The molecule has 0 amide bonds. The predicted molar refractivity (Wildman–Crippen MR) is 191 cm³/mol. The van der Waals surface area contributed by atoms with Crippen LogP contribution in [-0.2, 0) is 0 Å². The summed E-state index contributed by atoms with van der Waals surface area (Å²) in [4.78, 5) is 10.3. The summed E-state index contributed by atoms with van der Waals surface area (Å²) in [5, 5.41) is 5.29. The van der Waals surface area contributed by atoms with E-state index in [9.17, 15) is 0 Å². The molecule has 0 radical (unpaired) electrons. The van der Waals surface area contributed by atoms with Crippen LogP contribution in [0.4, 0.5) is 11.4 Å². The minimum absolute atomic E-state index is 0.668. The summed E-state index contributed by atoms with van der Waals surface area (Å²) in [6, 6.07) is 52.1. The summed E-state index contributed by atoms with van der Waals surface area (Å²) in [7, 11) is 0. The normalized spacial score (nSPS) is 11.2. The number of nitrogens with one attached hydrogen (secondary N) is 1. The van der Waals surface area contributed by atoms with Crippen LogP contribution in [0.1, 0.15) is 0 Å². The van der Waals surface area contributed by atoms with E-state index in [-0.39, 0.29) is 0 Å². The molecule has 0 aliphatic heterocycles. The molecule has 8 rings (SSSR count). The first-order chi connectivity index (χ1) is 22.2. The van der Waals surface area contributed by atoms with Gasteiger partial charge in [0.05, 0.1) is 26.6 Å². The molecule has 0 saturated heterocycles. The molecule has 45 heavy (non-hydrogen) atoms. The van der Waals surface area contributed by atoms with Crippen LogP contribution in [0.5, 0.6) is 0 Å². The average molecular weight is 616 g/mol. The summed E-state index contributed by atoms with van der Waals surface area (Å²) in [6.45, 7) is 0. The molecule has 0 atom stereocenters. The van der Waals surface area contributed by atoms with Crippen LogP contribution in [0.15, 0.2) is 152 Å². The number of fused-ring (bicyclic) bond motifs is 3. The zero-order valence-corrected chi connectivity index (χ0v) is 25.7. The molecule has 0 aliphatic carbocycles. The van der Waals surface area contributed by atoms with Crippen LogP contribution in [0, 0.1) is 0 Å². The van der Waals surface area contributed by atoms with Crippen LogP contribution in [0.2, 0.25) is 5.02 Å². The lowest BCUT2D eigenvalue weighted by molar-refractivity contribution is 1.24. The molecule has 1 N–H and O–H groups in total. The lowest BCUT2D eigenvalue weighted by Gasteiger charge is -2.11. The fourth-order valence-corrected chi connectivity index (χ4v) is 7.03. The number of benzene rings is 6. The Balaban J connectivity index is 1.21. The maximum atomic E-state index is 6.77. The summed E-state index contributed by atoms with van der Waals surface area (Å²) in [5.74, 6) is 0.707. The highest BCUT2D eigenvalue weighted by Gasteiger charge is 2.17. The van der Waals surface area contributed by atoms with Crippen molar-refractivity contribution in [2.24, 2.45) is 0 Å². The number of rotatable bonds is 6. The summed E-state index contributed by atoms with van der Waals surface area (Å²) >= 11 is 8.49. The van der Waals surface area contributed by atoms with E-state index in [1.54, 1.807) is 11.3 Å². The highest BCUT2D eigenvalue weighted by Crippen LogP contribution is 2.41. The highest BCUT2D eigenvalue weighted by atomic mass is 35.5. The van der Waals surface area contributed by atoms with Crippen molar-refractivity contribution in [3.8, 4) is 44.9 Å². The first-order valence-electron chi connectivity index (χ1n) is 14.8. The van der Waals surface area contributed by atoms with Gasteiger partial charge in [0.15, 0.2) is 5.82 Å². The van der Waals surface area contributed by atoms with Crippen LogP contribution in [-0.4, -0.2) is 9.97 Å². The molecule has 8 aromatic rings. The molecule has 0 bridgehead atoms. The van der Waals surface area contributed by atoms with Gasteiger partial charge in [-0.2, -0.15) is 0 Å². The number of halogens is 1. The Morgan fingerprint density at radius 2 is 1.09 bits per heavy atom. The quantitative estimate of drug-likeness (QED) is 0.202. The van der Waals surface area contributed by atoms with Gasteiger partial charge in [-0.15, -0.1) is 11.3 Å². The molecular formula is C40H26ClN3S. The Morgan fingerprint density at radius 1 is 0.511 bits per heavy atom. The number of hydrogen-bond donors (Lipinski definition) is 1. The SMILES string of the molecule is Clc1cc(-c2ccccc2)ccc1Nc1ccc2sc3c(-c4ccccc4)nc(-c4ccc(-c5ccccc5)cc4)nc3c2c1. The van der Waals surface area contributed by atoms with Gasteiger partial charge in [-0.05, 0) is 52.6 Å². The molecule has 2 heterocycles. The van der Waals surface area contributed by atoms with Crippen molar-refractivity contribution in [2.75, 3.05) is 5.32 Å². The van der Waals surface area contributed by atoms with Gasteiger partial charge in [0.2, 0.25) is 0 Å². The monoisotopic (exact) mass is 615 g/mol. The highest BCUT2D eigenvalue weighted by molar-refractivity contribution is 7.26. The van der Waals surface area contributed by atoms with Gasteiger partial charge < -0.3 is 5.32 Å². The number of anilines is 2. The Hall–Kier alpha value is -5.29. The molecule has 0 aliphatic rings. The van der Waals surface area contributed by atoms with E-state index in [0.29, 0.717) is 10.8 Å². The van der Waals surface area contributed by atoms with E-state index in [1.807, 2.05) is 42.5 Å². The van der Waals surface area contributed by atoms with Gasteiger partial charge >= 0.3 is 0 Å². The van der Waals surface area contributed by atoms with Gasteiger partial charge in [0, 0.05) is 26.9 Å². The average Bonchev–Trinajstić information content (AvgIpc) is 3.48. The van der Waals surface area contributed by atoms with Crippen molar-refractivity contribution < 1.29 is 0 Å². The largest absolute Gasteiger partial charge is 0.354 e. The second-order valence-electron chi connectivity index (χ2n) is 10.9. The topological polar surface area (TPSA) is 37.8 Å². The van der Waals surface area contributed by atoms with Crippen molar-refractivity contribution in [3.63, 3.8) is 0 Å². The Kier molecular flexibility index (Phi) is 7.07. The van der Waals surface area contributed by atoms with Crippen molar-refractivity contribution in [2.45, 2.75) is 0 Å². The maximum Gasteiger partial charge on any atom is 0.160 e. The van der Waals surface area contributed by atoms with Gasteiger partial charge in [-0.3, -0.25) is 0 Å². The zero-order chi connectivity index (χ0) is 30.2. The van der Waals surface area contributed by atoms with E-state index in [4.69, 9.17) is 21.6 Å². The fraction of sp³-hybridized carbons (Fsp3) is 0. The molecule has 0 fully saturated rings. The molecule has 0 saturated carbocycles. The van der Waals surface area contributed by atoms with Crippen LogP contribution in [0.3, 0.4) is 0 Å². The molecular weight excluding hydrogens is 590 g/mol. The van der Waals surface area contributed by atoms with Gasteiger partial charge in [-0.1, -0.05) is 133 Å². The van der Waals surface area contributed by atoms with Crippen LogP contribution < -0.4 is 5.32 Å². The number of hydrogen-bond acceptors (Lipinski definition) is 4. The molecule has 5 heteroatoms. The van der Waals surface area contributed by atoms with Crippen molar-refractivity contribution in [1.82, 2.24) is 9.97 Å².